The Kier molecular flexibility index (Phi) is 2.10. The van der Waals surface area contributed by atoms with Gasteiger partial charge in [0.15, 0.2) is 0 Å². The lowest BCUT2D eigenvalue weighted by Gasteiger charge is -2.01. The summed E-state index contributed by atoms with van der Waals surface area (Å²) in [4.78, 5) is 4.33. The first-order chi connectivity index (χ1) is 4.70. The van der Waals surface area contributed by atoms with Crippen LogP contribution in [0.4, 0.5) is 0 Å². The minimum atomic E-state index is 0.776. The summed E-state index contributed by atoms with van der Waals surface area (Å²) in [5, 5.41) is 0. The Bertz CT molecular complexity index is 191. The summed E-state index contributed by atoms with van der Waals surface area (Å²) in [6.07, 6.45) is 0.953. The van der Waals surface area contributed by atoms with Crippen molar-refractivity contribution in [2.75, 3.05) is 6.61 Å². The third kappa shape index (κ3) is 1.59. The Morgan fingerprint density at radius 3 is 2.70 bits per heavy atom. The second-order valence-corrected chi connectivity index (χ2v) is 2.59. The van der Waals surface area contributed by atoms with Crippen LogP contribution in [-0.2, 0) is 4.74 Å². The van der Waals surface area contributed by atoms with Gasteiger partial charge in [0.1, 0.15) is 5.76 Å². The molecule has 0 spiro atoms. The molecule has 0 saturated carbocycles. The van der Waals surface area contributed by atoms with Crippen LogP contribution in [0.2, 0.25) is 0 Å². The van der Waals surface area contributed by atoms with E-state index in [1.54, 1.807) is 0 Å². The van der Waals surface area contributed by atoms with E-state index >= 15 is 0 Å². The normalized spacial score (nSPS) is 19.7. The average molecular weight is 139 g/mol. The predicted molar refractivity (Wildman–Crippen MR) is 42.1 cm³/mol. The molecule has 0 unspecified atom stereocenters. The molecule has 1 aliphatic heterocycles. The summed E-state index contributed by atoms with van der Waals surface area (Å²) in [6.45, 7) is 6.74. The van der Waals surface area contributed by atoms with Crippen LogP contribution in [0, 0.1) is 0 Å². The van der Waals surface area contributed by atoms with E-state index in [4.69, 9.17) is 4.74 Å². The van der Waals surface area contributed by atoms with Crippen LogP contribution in [0.25, 0.3) is 0 Å². The van der Waals surface area contributed by atoms with E-state index in [1.165, 1.54) is 0 Å². The highest BCUT2D eigenvalue weighted by Gasteiger charge is 2.03. The molecule has 0 atom stereocenters. The molecule has 2 nitrogen and oxygen atoms in total. The second-order valence-electron chi connectivity index (χ2n) is 2.59. The van der Waals surface area contributed by atoms with Gasteiger partial charge in [-0.2, -0.15) is 0 Å². The maximum absolute atomic E-state index is 5.35. The zero-order valence-corrected chi connectivity index (χ0v) is 6.77. The lowest BCUT2D eigenvalue weighted by Crippen LogP contribution is -1.95. The fourth-order valence-corrected chi connectivity index (χ4v) is 0.877. The van der Waals surface area contributed by atoms with Crippen molar-refractivity contribution in [3.8, 4) is 0 Å². The molecule has 1 aliphatic rings. The summed E-state index contributed by atoms with van der Waals surface area (Å²) >= 11 is 0. The molecule has 0 radical (unpaired) electrons. The van der Waals surface area contributed by atoms with E-state index < -0.39 is 0 Å². The Morgan fingerprint density at radius 1 is 1.30 bits per heavy atom. The van der Waals surface area contributed by atoms with Crippen LogP contribution in [0.15, 0.2) is 16.4 Å². The van der Waals surface area contributed by atoms with Gasteiger partial charge >= 0.3 is 0 Å². The summed E-state index contributed by atoms with van der Waals surface area (Å²) in [7, 11) is 0. The molecular weight excluding hydrogens is 126 g/mol. The van der Waals surface area contributed by atoms with Gasteiger partial charge in [-0.1, -0.05) is 0 Å². The van der Waals surface area contributed by atoms with Gasteiger partial charge < -0.3 is 4.74 Å². The fourth-order valence-electron chi connectivity index (χ4n) is 0.877. The van der Waals surface area contributed by atoms with Crippen LogP contribution < -0.4 is 0 Å². The minimum absolute atomic E-state index is 0.776. The number of nitrogens with zero attached hydrogens (tertiary/aromatic N) is 1. The SMILES string of the molecule is CC1=NC(C)=C(C)OCC1. The standard InChI is InChI=1S/C8H13NO/c1-6-4-5-10-8(3)7(2)9-6/h4-5H2,1-3H3. The first kappa shape index (κ1) is 7.32. The quantitative estimate of drug-likeness (QED) is 0.503. The van der Waals surface area contributed by atoms with Crippen LogP contribution >= 0.6 is 0 Å². The number of hydrogen-bond acceptors (Lipinski definition) is 2. The van der Waals surface area contributed by atoms with E-state index in [9.17, 15) is 0 Å². The van der Waals surface area contributed by atoms with Gasteiger partial charge in [-0.25, -0.2) is 0 Å². The van der Waals surface area contributed by atoms with Crippen molar-refractivity contribution < 1.29 is 4.74 Å². The third-order valence-corrected chi connectivity index (χ3v) is 1.65. The number of ether oxygens (including phenoxy) is 1. The van der Waals surface area contributed by atoms with E-state index in [1.807, 2.05) is 20.8 Å². The smallest absolute Gasteiger partial charge is 0.114 e. The van der Waals surface area contributed by atoms with Gasteiger partial charge in [-0.05, 0) is 20.8 Å². The monoisotopic (exact) mass is 139 g/mol. The zero-order chi connectivity index (χ0) is 7.56. The third-order valence-electron chi connectivity index (χ3n) is 1.65. The molecule has 0 aromatic heterocycles. The molecule has 0 amide bonds. The van der Waals surface area contributed by atoms with Gasteiger partial charge in [0.2, 0.25) is 0 Å². The molecule has 0 bridgehead atoms. The van der Waals surface area contributed by atoms with Gasteiger partial charge in [0, 0.05) is 12.1 Å². The molecule has 1 rings (SSSR count). The van der Waals surface area contributed by atoms with Crippen molar-refractivity contribution in [3.05, 3.63) is 11.5 Å². The van der Waals surface area contributed by atoms with E-state index in [-0.39, 0.29) is 0 Å². The second kappa shape index (κ2) is 2.86. The molecule has 0 N–H and O–H groups in total. The Balaban J connectivity index is 2.82. The van der Waals surface area contributed by atoms with Crippen molar-refractivity contribution >= 4 is 5.71 Å². The largest absolute Gasteiger partial charge is 0.496 e. The highest BCUT2D eigenvalue weighted by Crippen LogP contribution is 2.11. The van der Waals surface area contributed by atoms with Crippen LogP contribution in [0.5, 0.6) is 0 Å². The van der Waals surface area contributed by atoms with E-state index in [2.05, 4.69) is 4.99 Å². The molecule has 56 valence electrons. The minimum Gasteiger partial charge on any atom is -0.496 e. The lowest BCUT2D eigenvalue weighted by atomic mass is 10.3. The first-order valence-electron chi connectivity index (χ1n) is 3.54. The predicted octanol–water partition coefficient (Wildman–Crippen LogP) is 2.12. The van der Waals surface area contributed by atoms with Crippen molar-refractivity contribution in [3.63, 3.8) is 0 Å². The van der Waals surface area contributed by atoms with Crippen molar-refractivity contribution in [1.82, 2.24) is 0 Å². The van der Waals surface area contributed by atoms with Crippen molar-refractivity contribution in [2.45, 2.75) is 27.2 Å². The maximum Gasteiger partial charge on any atom is 0.114 e. The molecule has 0 aromatic carbocycles. The molecule has 10 heavy (non-hydrogen) atoms. The summed E-state index contributed by atoms with van der Waals surface area (Å²) in [5.41, 5.74) is 2.17. The highest BCUT2D eigenvalue weighted by atomic mass is 16.5. The fraction of sp³-hybridized carbons (Fsp3) is 0.625. The van der Waals surface area contributed by atoms with E-state index in [0.717, 1.165) is 30.2 Å². The average Bonchev–Trinajstić information content (AvgIpc) is 1.96. The Hall–Kier alpha value is -0.790. The van der Waals surface area contributed by atoms with Crippen molar-refractivity contribution in [2.24, 2.45) is 4.99 Å². The first-order valence-corrected chi connectivity index (χ1v) is 3.54. The van der Waals surface area contributed by atoms with Crippen LogP contribution in [0.1, 0.15) is 27.2 Å². The van der Waals surface area contributed by atoms with Gasteiger partial charge in [0.25, 0.3) is 0 Å². The lowest BCUT2D eigenvalue weighted by molar-refractivity contribution is 0.222. The van der Waals surface area contributed by atoms with Gasteiger partial charge in [0.05, 0.1) is 12.3 Å². The Labute approximate surface area is 61.6 Å². The Morgan fingerprint density at radius 2 is 2.00 bits per heavy atom. The maximum atomic E-state index is 5.35. The molecule has 0 fully saturated rings. The van der Waals surface area contributed by atoms with Crippen LogP contribution in [-0.4, -0.2) is 12.3 Å². The summed E-state index contributed by atoms with van der Waals surface area (Å²) in [6, 6.07) is 0. The van der Waals surface area contributed by atoms with Crippen molar-refractivity contribution in [1.29, 1.82) is 0 Å². The summed E-state index contributed by atoms with van der Waals surface area (Å²) in [5.74, 6) is 0.955. The number of rotatable bonds is 0. The number of allylic oxidation sites excluding steroid dienone is 2. The highest BCUT2D eigenvalue weighted by molar-refractivity contribution is 5.83. The van der Waals surface area contributed by atoms with Crippen LogP contribution in [0.3, 0.4) is 0 Å². The number of hydrogen-bond donors (Lipinski definition) is 0. The zero-order valence-electron chi connectivity index (χ0n) is 6.77. The molecule has 0 saturated heterocycles. The molecule has 0 aliphatic carbocycles. The molecule has 0 aromatic rings. The number of aliphatic imine (C=N–C) groups is 1. The summed E-state index contributed by atoms with van der Waals surface area (Å²) < 4.78 is 5.35. The topological polar surface area (TPSA) is 21.6 Å². The molecule has 1 heterocycles. The molecule has 2 heteroatoms. The van der Waals surface area contributed by atoms with Gasteiger partial charge in [-0.3, -0.25) is 4.99 Å². The van der Waals surface area contributed by atoms with Gasteiger partial charge in [-0.15, -0.1) is 0 Å². The van der Waals surface area contributed by atoms with E-state index in [0.29, 0.717) is 0 Å². The molecular formula is C8H13NO.